The van der Waals surface area contributed by atoms with E-state index in [0.717, 1.165) is 5.56 Å². The molecule has 0 aliphatic rings. The molecule has 0 amide bonds. The second kappa shape index (κ2) is 3.44. The van der Waals surface area contributed by atoms with Crippen LogP contribution in [0.5, 0.6) is 5.75 Å². The Morgan fingerprint density at radius 1 is 1.40 bits per heavy atom. The first-order valence-electron chi connectivity index (χ1n) is 2.70. The molecule has 0 aliphatic carbocycles. The lowest BCUT2D eigenvalue weighted by Gasteiger charge is -1.97. The van der Waals surface area contributed by atoms with Crippen molar-refractivity contribution in [2.24, 2.45) is 0 Å². The van der Waals surface area contributed by atoms with Crippen molar-refractivity contribution in [3.05, 3.63) is 36.8 Å². The molecule has 0 aromatic heterocycles. The van der Waals surface area contributed by atoms with Crippen molar-refractivity contribution in [3.63, 3.8) is 0 Å². The Bertz CT molecular complexity index is 213. The molecule has 0 spiro atoms. The molecule has 0 saturated carbocycles. The van der Waals surface area contributed by atoms with Crippen LogP contribution in [0, 0.1) is 6.92 Å². The van der Waals surface area contributed by atoms with E-state index < -0.39 is 0 Å². The van der Waals surface area contributed by atoms with Gasteiger partial charge in [0.15, 0.2) is 5.75 Å². The third-order valence-electron chi connectivity index (χ3n) is 1.03. The van der Waals surface area contributed by atoms with E-state index >= 15 is 0 Å². The highest BCUT2D eigenvalue weighted by atomic mass is 35.5. The van der Waals surface area contributed by atoms with Crippen molar-refractivity contribution >= 4 is 11.9 Å². The molecule has 0 unspecified atom stereocenters. The average Bonchev–Trinajstić information content (AvgIpc) is 1.88. The number of hydrogen-bond acceptors (Lipinski definition) is 2. The van der Waals surface area contributed by atoms with Crippen molar-refractivity contribution in [2.45, 2.75) is 0 Å². The van der Waals surface area contributed by atoms with Crippen molar-refractivity contribution in [2.75, 3.05) is 0 Å². The van der Waals surface area contributed by atoms with Crippen molar-refractivity contribution in [1.82, 2.24) is 0 Å². The highest BCUT2D eigenvalue weighted by molar-refractivity contribution is 6.06. The Morgan fingerprint density at radius 3 is 2.80 bits per heavy atom. The van der Waals surface area contributed by atoms with Gasteiger partial charge >= 0.3 is 0 Å². The quantitative estimate of drug-likeness (QED) is 0.485. The summed E-state index contributed by atoms with van der Waals surface area (Å²) in [6, 6.07) is 7.08. The van der Waals surface area contributed by atoms with Crippen molar-refractivity contribution in [3.8, 4) is 5.75 Å². The minimum Gasteiger partial charge on any atom is -0.320 e. The molecule has 1 aromatic carbocycles. The summed E-state index contributed by atoms with van der Waals surface area (Å²) >= 11 is 4.85. The fourth-order valence-electron chi connectivity index (χ4n) is 0.634. The normalized spacial score (nSPS) is 9.40. The van der Waals surface area contributed by atoms with Gasteiger partial charge in [0.2, 0.25) is 0 Å². The largest absolute Gasteiger partial charge is 0.320 e. The predicted octanol–water partition coefficient (Wildman–Crippen LogP) is 2.33. The van der Waals surface area contributed by atoms with Crippen LogP contribution in [-0.2, 0) is 4.44 Å². The lowest BCUT2D eigenvalue weighted by molar-refractivity contribution is -0.0918. The van der Waals surface area contributed by atoms with Gasteiger partial charge in [-0.15, -0.1) is 0 Å². The summed E-state index contributed by atoms with van der Waals surface area (Å²) in [5.41, 5.74) is 0.853. The molecule has 0 aliphatic heterocycles. The van der Waals surface area contributed by atoms with E-state index in [1.807, 2.05) is 6.07 Å². The van der Waals surface area contributed by atoms with Gasteiger partial charge in [0.1, 0.15) is 11.9 Å². The van der Waals surface area contributed by atoms with Crippen LogP contribution < -0.4 is 4.89 Å². The molecule has 0 heterocycles. The van der Waals surface area contributed by atoms with Crippen LogP contribution in [0.4, 0.5) is 0 Å². The summed E-state index contributed by atoms with van der Waals surface area (Å²) in [4.78, 5) is 4.51. The maximum absolute atomic E-state index is 4.85. The van der Waals surface area contributed by atoms with Gasteiger partial charge in [0, 0.05) is 0 Å². The smallest absolute Gasteiger partial charge is 0.167 e. The molecule has 1 rings (SSSR count). The van der Waals surface area contributed by atoms with Crippen molar-refractivity contribution in [1.29, 1.82) is 0 Å². The molecule has 3 heteroatoms. The molecule has 1 aromatic rings. The minimum atomic E-state index is 0.544. The second-order valence-corrected chi connectivity index (χ2v) is 1.92. The van der Waals surface area contributed by atoms with E-state index in [-0.39, 0.29) is 0 Å². The molecule has 10 heavy (non-hydrogen) atoms. The molecule has 0 fully saturated rings. The highest BCUT2D eigenvalue weighted by Crippen LogP contribution is 2.12. The molecular weight excluding hydrogens is 152 g/mol. The van der Waals surface area contributed by atoms with Crippen LogP contribution in [0.15, 0.2) is 24.3 Å². The van der Waals surface area contributed by atoms with Crippen LogP contribution in [0.3, 0.4) is 0 Å². The van der Waals surface area contributed by atoms with Gasteiger partial charge in [-0.2, -0.15) is 0 Å². The molecule has 0 bridgehead atoms. The average molecular weight is 158 g/mol. The van der Waals surface area contributed by atoms with E-state index in [1.54, 1.807) is 18.2 Å². The highest BCUT2D eigenvalue weighted by Gasteiger charge is 1.91. The number of rotatable bonds is 2. The minimum absolute atomic E-state index is 0.544. The van der Waals surface area contributed by atoms with E-state index in [1.165, 1.54) is 0 Å². The Kier molecular flexibility index (Phi) is 2.54. The first-order chi connectivity index (χ1) is 4.83. The third-order valence-corrected chi connectivity index (χ3v) is 1.09. The second-order valence-electron chi connectivity index (χ2n) is 1.79. The zero-order valence-corrected chi connectivity index (χ0v) is 5.97. The van der Waals surface area contributed by atoms with Crippen LogP contribution in [0.1, 0.15) is 5.56 Å². The first kappa shape index (κ1) is 7.38. The monoisotopic (exact) mass is 157 g/mol. The Labute approximate surface area is 64.4 Å². The van der Waals surface area contributed by atoms with E-state index in [2.05, 4.69) is 16.3 Å². The van der Waals surface area contributed by atoms with Gasteiger partial charge in [-0.3, -0.25) is 0 Å². The summed E-state index contributed by atoms with van der Waals surface area (Å²) in [6.07, 6.45) is 0. The summed E-state index contributed by atoms with van der Waals surface area (Å²) < 4.78 is 3.93. The van der Waals surface area contributed by atoms with Crippen LogP contribution in [-0.4, -0.2) is 0 Å². The van der Waals surface area contributed by atoms with E-state index in [0.29, 0.717) is 5.75 Å². The molecule has 2 nitrogen and oxygen atoms in total. The molecular formula is C7H6ClO2. The van der Waals surface area contributed by atoms with Crippen LogP contribution >= 0.6 is 11.9 Å². The maximum Gasteiger partial charge on any atom is 0.167 e. The van der Waals surface area contributed by atoms with Crippen LogP contribution in [0.25, 0.3) is 0 Å². The molecule has 1 radical (unpaired) electrons. The Morgan fingerprint density at radius 2 is 2.20 bits per heavy atom. The third kappa shape index (κ3) is 1.90. The summed E-state index contributed by atoms with van der Waals surface area (Å²) in [7, 11) is 0. The maximum atomic E-state index is 4.85. The van der Waals surface area contributed by atoms with Gasteiger partial charge in [0.05, 0.1) is 0 Å². The zero-order valence-electron chi connectivity index (χ0n) is 5.21. The number of hydrogen-bond donors (Lipinski definition) is 0. The van der Waals surface area contributed by atoms with Crippen LogP contribution in [0.2, 0.25) is 0 Å². The standard InChI is InChI=1S/C7H6ClO2/c1-6-3-2-4-7(5-6)9-10-8/h2-5H,1H2. The molecule has 0 N–H and O–H groups in total. The van der Waals surface area contributed by atoms with Gasteiger partial charge in [-0.1, -0.05) is 16.6 Å². The Balaban J connectivity index is 2.75. The fourth-order valence-corrected chi connectivity index (χ4v) is 0.706. The van der Waals surface area contributed by atoms with Crippen molar-refractivity contribution < 1.29 is 9.33 Å². The van der Waals surface area contributed by atoms with E-state index in [4.69, 9.17) is 11.9 Å². The van der Waals surface area contributed by atoms with E-state index in [9.17, 15) is 0 Å². The molecule has 53 valence electrons. The van der Waals surface area contributed by atoms with Gasteiger partial charge in [-0.05, 0) is 24.6 Å². The number of benzene rings is 1. The summed E-state index contributed by atoms with van der Waals surface area (Å²) in [5.74, 6) is 0.544. The fraction of sp³-hybridized carbons (Fsp3) is 0. The van der Waals surface area contributed by atoms with Gasteiger partial charge < -0.3 is 4.89 Å². The summed E-state index contributed by atoms with van der Waals surface area (Å²) in [5, 5.41) is 0. The lowest BCUT2D eigenvalue weighted by Crippen LogP contribution is -1.85. The predicted molar refractivity (Wildman–Crippen MR) is 38.5 cm³/mol. The SMILES string of the molecule is [CH2]c1cccc(OOCl)c1. The molecule has 0 saturated heterocycles. The van der Waals surface area contributed by atoms with Gasteiger partial charge in [-0.25, -0.2) is 0 Å². The zero-order chi connectivity index (χ0) is 7.40. The number of halogens is 1. The topological polar surface area (TPSA) is 18.5 Å². The van der Waals surface area contributed by atoms with Gasteiger partial charge in [0.25, 0.3) is 0 Å². The Hall–Kier alpha value is -0.730. The molecule has 0 atom stereocenters. The summed E-state index contributed by atoms with van der Waals surface area (Å²) in [6.45, 7) is 3.68. The lowest BCUT2D eigenvalue weighted by atomic mass is 10.2. The first-order valence-corrected chi connectivity index (χ1v) is 3.01.